The molecule has 2 N–H and O–H groups in total. The SMILES string of the molecule is COc1ccccc1C1C(C(=O)/C=C/c2ccccc2)=C(O)C(=O)N1CCOCCO. The number of hydrogen-bond acceptors (Lipinski definition) is 6. The molecule has 1 unspecified atom stereocenters. The summed E-state index contributed by atoms with van der Waals surface area (Å²) in [6.45, 7) is 0.269. The van der Waals surface area contributed by atoms with Gasteiger partial charge in [0.05, 0.1) is 38.5 Å². The number of aliphatic hydroxyl groups is 2. The smallest absolute Gasteiger partial charge is 0.290 e. The molecule has 2 aromatic carbocycles. The van der Waals surface area contributed by atoms with Crippen LogP contribution in [0.1, 0.15) is 17.2 Å². The van der Waals surface area contributed by atoms with Gasteiger partial charge in [0.15, 0.2) is 11.5 Å². The van der Waals surface area contributed by atoms with Crippen molar-refractivity contribution in [3.05, 3.63) is 83.1 Å². The summed E-state index contributed by atoms with van der Waals surface area (Å²) in [5, 5.41) is 19.5. The molecule has 7 heteroatoms. The Morgan fingerprint density at radius 2 is 1.81 bits per heavy atom. The van der Waals surface area contributed by atoms with Gasteiger partial charge in [0, 0.05) is 12.1 Å². The van der Waals surface area contributed by atoms with E-state index in [2.05, 4.69) is 0 Å². The average Bonchev–Trinajstić information content (AvgIpc) is 3.05. The number of para-hydroxylation sites is 1. The Hall–Kier alpha value is -3.42. The van der Waals surface area contributed by atoms with Crippen LogP contribution in [0.15, 0.2) is 72.0 Å². The van der Waals surface area contributed by atoms with Crippen LogP contribution in [0.25, 0.3) is 6.08 Å². The van der Waals surface area contributed by atoms with E-state index < -0.39 is 23.5 Å². The highest BCUT2D eigenvalue weighted by molar-refractivity contribution is 6.14. The molecule has 2 aromatic rings. The van der Waals surface area contributed by atoms with Gasteiger partial charge in [-0.2, -0.15) is 0 Å². The number of allylic oxidation sites excluding steroid dienone is 1. The highest BCUT2D eigenvalue weighted by Gasteiger charge is 2.43. The van der Waals surface area contributed by atoms with Crippen molar-refractivity contribution >= 4 is 17.8 Å². The van der Waals surface area contributed by atoms with E-state index in [1.165, 1.54) is 18.1 Å². The molecule has 1 heterocycles. The molecule has 1 atom stereocenters. The standard InChI is InChI=1S/C24H25NO6/c1-30-20-10-6-5-9-18(20)22-21(19(27)12-11-17-7-3-2-4-8-17)23(28)24(29)25(22)13-15-31-16-14-26/h2-12,22,26,28H,13-16H2,1H3/b12-11+. The molecule has 0 bridgehead atoms. The molecule has 0 saturated heterocycles. The average molecular weight is 423 g/mol. The number of nitrogens with zero attached hydrogens (tertiary/aromatic N) is 1. The summed E-state index contributed by atoms with van der Waals surface area (Å²) in [6.07, 6.45) is 2.99. The molecule has 0 aliphatic carbocycles. The predicted octanol–water partition coefficient (Wildman–Crippen LogP) is 2.68. The summed E-state index contributed by atoms with van der Waals surface area (Å²) in [6, 6.07) is 15.5. The van der Waals surface area contributed by atoms with Crippen molar-refractivity contribution < 1.29 is 29.3 Å². The summed E-state index contributed by atoms with van der Waals surface area (Å²) in [5.41, 5.74) is 1.40. The monoisotopic (exact) mass is 423 g/mol. The molecule has 3 rings (SSSR count). The first-order chi connectivity index (χ1) is 15.1. The lowest BCUT2D eigenvalue weighted by Gasteiger charge is -2.27. The number of carbonyl (C=O) groups excluding carboxylic acids is 2. The third kappa shape index (κ3) is 5.02. The molecular formula is C24H25NO6. The van der Waals surface area contributed by atoms with Gasteiger partial charge in [-0.3, -0.25) is 9.59 Å². The number of amides is 1. The zero-order chi connectivity index (χ0) is 22.2. The van der Waals surface area contributed by atoms with Gasteiger partial charge >= 0.3 is 0 Å². The number of hydrogen-bond donors (Lipinski definition) is 2. The molecule has 0 spiro atoms. The Kier molecular flexibility index (Phi) is 7.59. The Labute approximate surface area is 180 Å². The van der Waals surface area contributed by atoms with Crippen molar-refractivity contribution in [1.82, 2.24) is 4.90 Å². The van der Waals surface area contributed by atoms with Gasteiger partial charge in [0.25, 0.3) is 5.91 Å². The first-order valence-electron chi connectivity index (χ1n) is 9.91. The van der Waals surface area contributed by atoms with Gasteiger partial charge in [-0.25, -0.2) is 0 Å². The number of benzene rings is 2. The lowest BCUT2D eigenvalue weighted by atomic mass is 9.95. The molecule has 0 aromatic heterocycles. The van der Waals surface area contributed by atoms with Crippen LogP contribution in [0.4, 0.5) is 0 Å². The van der Waals surface area contributed by atoms with E-state index in [0.29, 0.717) is 11.3 Å². The van der Waals surface area contributed by atoms with E-state index in [4.69, 9.17) is 14.6 Å². The third-order valence-electron chi connectivity index (χ3n) is 4.94. The van der Waals surface area contributed by atoms with Gasteiger partial charge in [-0.15, -0.1) is 0 Å². The van der Waals surface area contributed by atoms with Crippen molar-refractivity contribution in [3.63, 3.8) is 0 Å². The summed E-state index contributed by atoms with van der Waals surface area (Å²) in [5.74, 6) is -1.21. The topological polar surface area (TPSA) is 96.3 Å². The van der Waals surface area contributed by atoms with Gasteiger partial charge in [-0.1, -0.05) is 54.6 Å². The maximum Gasteiger partial charge on any atom is 0.290 e. The molecule has 1 aliphatic heterocycles. The second-order valence-electron chi connectivity index (χ2n) is 6.85. The minimum absolute atomic E-state index is 0.0103. The normalized spacial score (nSPS) is 16.4. The van der Waals surface area contributed by atoms with Gasteiger partial charge in [-0.05, 0) is 17.7 Å². The lowest BCUT2D eigenvalue weighted by molar-refractivity contribution is -0.130. The number of ketones is 1. The second-order valence-corrected chi connectivity index (χ2v) is 6.85. The van der Waals surface area contributed by atoms with Crippen molar-refractivity contribution in [3.8, 4) is 5.75 Å². The van der Waals surface area contributed by atoms with Crippen LogP contribution < -0.4 is 4.74 Å². The number of ether oxygens (including phenoxy) is 2. The van der Waals surface area contributed by atoms with Crippen LogP contribution in [-0.4, -0.2) is 60.3 Å². The summed E-state index contributed by atoms with van der Waals surface area (Å²) >= 11 is 0. The fourth-order valence-corrected chi connectivity index (χ4v) is 3.51. The van der Waals surface area contributed by atoms with Crippen LogP contribution in [0.2, 0.25) is 0 Å². The van der Waals surface area contributed by atoms with Crippen molar-refractivity contribution in [1.29, 1.82) is 0 Å². The molecule has 1 aliphatic rings. The fourth-order valence-electron chi connectivity index (χ4n) is 3.51. The molecule has 0 radical (unpaired) electrons. The van der Waals surface area contributed by atoms with Crippen LogP contribution in [-0.2, 0) is 14.3 Å². The zero-order valence-corrected chi connectivity index (χ0v) is 17.2. The largest absolute Gasteiger partial charge is 0.503 e. The molecular weight excluding hydrogens is 398 g/mol. The Bertz CT molecular complexity index is 983. The number of rotatable bonds is 10. The maximum absolute atomic E-state index is 13.1. The number of carbonyl (C=O) groups is 2. The maximum atomic E-state index is 13.1. The summed E-state index contributed by atoms with van der Waals surface area (Å²) < 4.78 is 10.7. The fraction of sp³-hybridized carbons (Fsp3) is 0.250. The highest BCUT2D eigenvalue weighted by Crippen LogP contribution is 2.41. The molecule has 7 nitrogen and oxygen atoms in total. The zero-order valence-electron chi connectivity index (χ0n) is 17.2. The van der Waals surface area contributed by atoms with E-state index in [1.54, 1.807) is 30.3 Å². The molecule has 0 saturated carbocycles. The van der Waals surface area contributed by atoms with E-state index in [1.807, 2.05) is 30.3 Å². The van der Waals surface area contributed by atoms with Crippen LogP contribution in [0, 0.1) is 0 Å². The third-order valence-corrected chi connectivity index (χ3v) is 4.94. The van der Waals surface area contributed by atoms with Crippen molar-refractivity contribution in [2.75, 3.05) is 33.5 Å². The lowest BCUT2D eigenvalue weighted by Crippen LogP contribution is -2.34. The van der Waals surface area contributed by atoms with E-state index in [-0.39, 0.29) is 31.9 Å². The first-order valence-corrected chi connectivity index (χ1v) is 9.91. The Balaban J connectivity index is 1.96. The predicted molar refractivity (Wildman–Crippen MR) is 115 cm³/mol. The number of aliphatic hydroxyl groups excluding tert-OH is 2. The summed E-state index contributed by atoms with van der Waals surface area (Å²) in [4.78, 5) is 27.3. The minimum atomic E-state index is -0.825. The van der Waals surface area contributed by atoms with Crippen molar-refractivity contribution in [2.45, 2.75) is 6.04 Å². The Morgan fingerprint density at radius 1 is 1.10 bits per heavy atom. The van der Waals surface area contributed by atoms with Crippen molar-refractivity contribution in [2.24, 2.45) is 0 Å². The van der Waals surface area contributed by atoms with Crippen LogP contribution >= 0.6 is 0 Å². The Morgan fingerprint density at radius 3 is 2.52 bits per heavy atom. The quantitative estimate of drug-likeness (QED) is 0.451. The van der Waals surface area contributed by atoms with E-state index in [0.717, 1.165) is 5.56 Å². The van der Waals surface area contributed by atoms with Gasteiger partial charge in [0.1, 0.15) is 5.75 Å². The van der Waals surface area contributed by atoms with Crippen LogP contribution in [0.3, 0.4) is 0 Å². The molecule has 162 valence electrons. The van der Waals surface area contributed by atoms with Gasteiger partial charge in [0.2, 0.25) is 0 Å². The molecule has 31 heavy (non-hydrogen) atoms. The van der Waals surface area contributed by atoms with E-state index >= 15 is 0 Å². The second kappa shape index (κ2) is 10.6. The molecule has 1 amide bonds. The van der Waals surface area contributed by atoms with E-state index in [9.17, 15) is 14.7 Å². The van der Waals surface area contributed by atoms with Gasteiger partial charge < -0.3 is 24.6 Å². The minimum Gasteiger partial charge on any atom is -0.503 e. The van der Waals surface area contributed by atoms with Crippen LogP contribution in [0.5, 0.6) is 5.75 Å². The first kappa shape index (κ1) is 22.3. The highest BCUT2D eigenvalue weighted by atomic mass is 16.5. The summed E-state index contributed by atoms with van der Waals surface area (Å²) in [7, 11) is 1.50. The molecule has 0 fully saturated rings. The number of methoxy groups -OCH3 is 1.